The summed E-state index contributed by atoms with van der Waals surface area (Å²) in [4.78, 5) is 0. The van der Waals surface area contributed by atoms with Gasteiger partial charge in [0, 0.05) is 12.5 Å². The number of hydrogen-bond donors (Lipinski definition) is 1. The second-order valence-electron chi connectivity index (χ2n) is 5.23. The maximum Gasteiger partial charge on any atom is 0.106 e. The smallest absolute Gasteiger partial charge is 0.106 e. The molecule has 0 aliphatic carbocycles. The Morgan fingerprint density at radius 1 is 1.04 bits per heavy atom. The highest BCUT2D eigenvalue weighted by molar-refractivity contribution is 5.11. The topological polar surface area (TPSA) is 30.5 Å². The van der Waals surface area contributed by atoms with Crippen molar-refractivity contribution in [3.05, 3.63) is 73.6 Å². The zero-order valence-electron chi connectivity index (χ0n) is 16.0. The zero-order chi connectivity index (χ0) is 18.6. The summed E-state index contributed by atoms with van der Waals surface area (Å²) < 4.78 is 11.3. The fourth-order valence-electron chi connectivity index (χ4n) is 2.18. The summed E-state index contributed by atoms with van der Waals surface area (Å²) in [6, 6.07) is 0.532. The minimum Gasteiger partial charge on any atom is -0.494 e. The number of hydrogen-bond acceptors (Lipinski definition) is 3. The van der Waals surface area contributed by atoms with Gasteiger partial charge in [-0.2, -0.15) is 0 Å². The van der Waals surface area contributed by atoms with Gasteiger partial charge in [0.25, 0.3) is 0 Å². The molecule has 1 N–H and O–H groups in total. The maximum absolute atomic E-state index is 5.69. The van der Waals surface area contributed by atoms with E-state index in [9.17, 15) is 0 Å². The van der Waals surface area contributed by atoms with E-state index in [-0.39, 0.29) is 0 Å². The Labute approximate surface area is 154 Å². The molecule has 3 nitrogen and oxygen atoms in total. The molecular weight excluding hydrogens is 310 g/mol. The molecule has 0 saturated carbocycles. The third-order valence-corrected chi connectivity index (χ3v) is 3.34. The van der Waals surface area contributed by atoms with Gasteiger partial charge in [-0.15, -0.1) is 0 Å². The van der Waals surface area contributed by atoms with Crippen LogP contribution < -0.4 is 5.32 Å². The lowest BCUT2D eigenvalue weighted by Gasteiger charge is -2.09. The van der Waals surface area contributed by atoms with E-state index in [1.807, 2.05) is 50.3 Å². The highest BCUT2D eigenvalue weighted by Gasteiger charge is 2.12. The van der Waals surface area contributed by atoms with E-state index in [0.29, 0.717) is 19.3 Å². The van der Waals surface area contributed by atoms with Gasteiger partial charge in [0.15, 0.2) is 0 Å². The minimum absolute atomic E-state index is 0.532. The molecule has 0 amide bonds. The number of ether oxygens (including phenoxy) is 2. The van der Waals surface area contributed by atoms with Crippen LogP contribution in [0.3, 0.4) is 0 Å². The predicted molar refractivity (Wildman–Crippen MR) is 110 cm³/mol. The average Bonchev–Trinajstić information content (AvgIpc) is 3.16. The third-order valence-electron chi connectivity index (χ3n) is 3.34. The maximum atomic E-state index is 5.69. The Bertz CT molecular complexity index is 441. The molecule has 1 saturated heterocycles. The Morgan fingerprint density at radius 2 is 1.88 bits per heavy atom. The van der Waals surface area contributed by atoms with Gasteiger partial charge in [0.05, 0.1) is 13.2 Å². The Kier molecular flexibility index (Phi) is 17.1. The van der Waals surface area contributed by atoms with Crippen LogP contribution in [0.15, 0.2) is 73.6 Å². The largest absolute Gasteiger partial charge is 0.494 e. The molecule has 1 rings (SSSR count). The van der Waals surface area contributed by atoms with E-state index in [1.165, 1.54) is 12.8 Å². The summed E-state index contributed by atoms with van der Waals surface area (Å²) in [5.41, 5.74) is 0. The molecule has 0 aromatic heterocycles. The van der Waals surface area contributed by atoms with E-state index in [2.05, 4.69) is 24.6 Å². The summed E-state index contributed by atoms with van der Waals surface area (Å²) in [7, 11) is 0. The van der Waals surface area contributed by atoms with Crippen molar-refractivity contribution in [2.45, 2.75) is 39.2 Å². The third kappa shape index (κ3) is 14.2. The Balaban J connectivity index is 0.00000277. The van der Waals surface area contributed by atoms with E-state index < -0.39 is 0 Å². The van der Waals surface area contributed by atoms with Gasteiger partial charge >= 0.3 is 0 Å². The Morgan fingerprint density at radius 3 is 2.56 bits per heavy atom. The molecule has 1 aliphatic heterocycles. The van der Waals surface area contributed by atoms with Crippen LogP contribution in [0.1, 0.15) is 33.1 Å². The van der Waals surface area contributed by atoms with Crippen LogP contribution in [0.2, 0.25) is 0 Å². The molecular formula is C22H35NO2. The van der Waals surface area contributed by atoms with Crippen molar-refractivity contribution in [1.29, 1.82) is 0 Å². The van der Waals surface area contributed by atoms with Gasteiger partial charge in [-0.25, -0.2) is 0 Å². The fourth-order valence-corrected chi connectivity index (χ4v) is 2.18. The summed E-state index contributed by atoms with van der Waals surface area (Å²) in [6.07, 6.45) is 20.4. The van der Waals surface area contributed by atoms with Crippen LogP contribution in [-0.2, 0) is 9.47 Å². The normalized spacial score (nSPS) is 17.8. The van der Waals surface area contributed by atoms with Crippen LogP contribution in [0, 0.1) is 0 Å². The highest BCUT2D eigenvalue weighted by Crippen LogP contribution is 2.07. The first-order valence-electron chi connectivity index (χ1n) is 9.21. The van der Waals surface area contributed by atoms with Crippen molar-refractivity contribution in [1.82, 2.24) is 5.32 Å². The quantitative estimate of drug-likeness (QED) is 0.231. The number of rotatable bonds is 12. The lowest BCUT2D eigenvalue weighted by Crippen LogP contribution is -2.26. The van der Waals surface area contributed by atoms with Crippen LogP contribution >= 0.6 is 0 Å². The van der Waals surface area contributed by atoms with Crippen molar-refractivity contribution >= 4 is 0 Å². The van der Waals surface area contributed by atoms with Crippen molar-refractivity contribution < 1.29 is 9.47 Å². The molecule has 1 heterocycles. The van der Waals surface area contributed by atoms with E-state index in [1.54, 1.807) is 12.2 Å². The molecule has 0 aromatic rings. The van der Waals surface area contributed by atoms with E-state index in [0.717, 1.165) is 25.3 Å². The molecule has 1 atom stereocenters. The monoisotopic (exact) mass is 345 g/mol. The van der Waals surface area contributed by atoms with E-state index >= 15 is 0 Å². The zero-order valence-corrected chi connectivity index (χ0v) is 16.0. The van der Waals surface area contributed by atoms with Crippen molar-refractivity contribution in [3.8, 4) is 0 Å². The summed E-state index contributed by atoms with van der Waals surface area (Å²) >= 11 is 0. The number of allylic oxidation sites excluding steroid dienone is 7. The van der Waals surface area contributed by atoms with Crippen molar-refractivity contribution in [2.75, 3.05) is 26.4 Å². The Hall–Kier alpha value is -1.84. The fraction of sp³-hybridized carbons (Fsp3) is 0.455. The van der Waals surface area contributed by atoms with Crippen LogP contribution in [0.25, 0.3) is 0 Å². The van der Waals surface area contributed by atoms with Crippen molar-refractivity contribution in [2.24, 2.45) is 0 Å². The van der Waals surface area contributed by atoms with Gasteiger partial charge in [-0.05, 0) is 31.5 Å². The summed E-state index contributed by atoms with van der Waals surface area (Å²) in [5.74, 6) is 0.894. The summed E-state index contributed by atoms with van der Waals surface area (Å²) in [6.45, 7) is 14.4. The van der Waals surface area contributed by atoms with Crippen LogP contribution in [-0.4, -0.2) is 32.4 Å². The van der Waals surface area contributed by atoms with Gasteiger partial charge in [-0.3, -0.25) is 0 Å². The molecule has 0 radical (unpaired) electrons. The molecule has 1 aliphatic rings. The first kappa shape index (κ1) is 23.2. The molecule has 25 heavy (non-hydrogen) atoms. The minimum atomic E-state index is 0.532. The van der Waals surface area contributed by atoms with Gasteiger partial charge in [-0.1, -0.05) is 69.5 Å². The molecule has 0 spiro atoms. The first-order valence-corrected chi connectivity index (χ1v) is 9.21. The van der Waals surface area contributed by atoms with Gasteiger partial charge < -0.3 is 14.8 Å². The second-order valence-corrected chi connectivity index (χ2v) is 5.23. The van der Waals surface area contributed by atoms with Crippen molar-refractivity contribution in [3.63, 3.8) is 0 Å². The molecule has 1 unspecified atom stereocenters. The van der Waals surface area contributed by atoms with Crippen LogP contribution in [0.4, 0.5) is 0 Å². The van der Waals surface area contributed by atoms with Crippen LogP contribution in [0.5, 0.6) is 0 Å². The first-order chi connectivity index (χ1) is 12.4. The van der Waals surface area contributed by atoms with Gasteiger partial charge in [0.1, 0.15) is 12.4 Å². The summed E-state index contributed by atoms with van der Waals surface area (Å²) in [5, 5.41) is 3.42. The standard InChI is InChI=1S/C20H29NO2.C2H6/c1-3-5-6-7-9-17-23-20(12-4-2)14-8-10-16-22-18-19-13-11-15-21-19;1-2/h3-10,12,19,21H,1-2,11,13-18H2;1-2H3/b6-5-,9-7+,10-8-,20-12+;. The lowest BCUT2D eigenvalue weighted by molar-refractivity contribution is 0.141. The molecule has 0 aromatic carbocycles. The number of nitrogens with one attached hydrogen (secondary N) is 1. The molecule has 140 valence electrons. The second kappa shape index (κ2) is 18.5. The molecule has 0 bridgehead atoms. The SMILES string of the molecule is C=C/C=C\C=C\CO/C(=C/C=C)C/C=C\COCC1CCCN1.CC. The predicted octanol–water partition coefficient (Wildman–Crippen LogP) is 5.11. The average molecular weight is 346 g/mol. The molecule has 3 heteroatoms. The highest BCUT2D eigenvalue weighted by atomic mass is 16.5. The lowest BCUT2D eigenvalue weighted by atomic mass is 10.2. The molecule has 1 fully saturated rings. The van der Waals surface area contributed by atoms with Gasteiger partial charge in [0.2, 0.25) is 0 Å². The van der Waals surface area contributed by atoms with E-state index in [4.69, 9.17) is 9.47 Å².